The maximum Gasteiger partial charge on any atom is 0.400 e. The van der Waals surface area contributed by atoms with Crippen LogP contribution in [0.3, 0.4) is 0 Å². The minimum absolute atomic E-state index is 0.0124. The van der Waals surface area contributed by atoms with Crippen molar-refractivity contribution >= 4 is 11.6 Å². The number of amides is 1. The van der Waals surface area contributed by atoms with Gasteiger partial charge >= 0.3 is 12.4 Å². The lowest BCUT2D eigenvalue weighted by Crippen LogP contribution is -2.48. The third-order valence-electron chi connectivity index (χ3n) is 4.94. The second-order valence-electron chi connectivity index (χ2n) is 7.43. The third kappa shape index (κ3) is 5.44. The van der Waals surface area contributed by atoms with E-state index in [0.717, 1.165) is 0 Å². The number of ether oxygens (including phenoxy) is 2. The van der Waals surface area contributed by atoms with Gasteiger partial charge in [0.25, 0.3) is 5.91 Å². The Morgan fingerprint density at radius 2 is 1.81 bits per heavy atom. The summed E-state index contributed by atoms with van der Waals surface area (Å²) in [5.74, 6) is -3.96. The van der Waals surface area contributed by atoms with Gasteiger partial charge in [-0.05, 0) is 25.5 Å². The molecule has 32 heavy (non-hydrogen) atoms. The Balaban J connectivity index is 1.81. The Hall–Kier alpha value is -2.54. The molecule has 1 aliphatic rings. The molecule has 1 fully saturated rings. The first-order chi connectivity index (χ1) is 14.9. The molecular formula is C19H22F6N4O3. The van der Waals surface area contributed by atoms with E-state index in [1.807, 2.05) is 0 Å². The summed E-state index contributed by atoms with van der Waals surface area (Å²) >= 11 is 0. The average molecular weight is 468 g/mol. The van der Waals surface area contributed by atoms with E-state index in [1.165, 1.54) is 10.5 Å². The standard InChI is InChI=1S/C19H22F6N4O3/c1-11-9-13(32-6-3-14(18(20,21)22)19(23,24)25)16-26-12(2)15(29(16)10-11)17(30)27-28-4-7-31-8-5-28/h9-10,14H,3-8H2,1-2H3,(H,27,30). The lowest BCUT2D eigenvalue weighted by Gasteiger charge is -2.26. The Morgan fingerprint density at radius 3 is 2.41 bits per heavy atom. The maximum absolute atomic E-state index is 12.8. The van der Waals surface area contributed by atoms with Crippen LogP contribution in [0.15, 0.2) is 12.3 Å². The van der Waals surface area contributed by atoms with Crippen LogP contribution in [-0.2, 0) is 4.74 Å². The topological polar surface area (TPSA) is 68.1 Å². The highest BCUT2D eigenvalue weighted by atomic mass is 19.4. The van der Waals surface area contributed by atoms with Crippen molar-refractivity contribution in [1.82, 2.24) is 19.8 Å². The van der Waals surface area contributed by atoms with Gasteiger partial charge in [-0.1, -0.05) is 0 Å². The Labute approximate surface area is 179 Å². The summed E-state index contributed by atoms with van der Waals surface area (Å²) in [5.41, 5.74) is 3.96. The fourth-order valence-corrected chi connectivity index (χ4v) is 3.41. The zero-order valence-electron chi connectivity index (χ0n) is 17.3. The van der Waals surface area contributed by atoms with Crippen LogP contribution in [0.4, 0.5) is 26.3 Å². The van der Waals surface area contributed by atoms with E-state index in [2.05, 4.69) is 10.4 Å². The number of aromatic nitrogens is 2. The molecule has 1 N–H and O–H groups in total. The molecule has 0 radical (unpaired) electrons. The molecule has 1 amide bonds. The molecule has 7 nitrogen and oxygen atoms in total. The van der Waals surface area contributed by atoms with Gasteiger partial charge in [0, 0.05) is 25.7 Å². The van der Waals surface area contributed by atoms with E-state index >= 15 is 0 Å². The number of nitrogens with one attached hydrogen (secondary N) is 1. The monoisotopic (exact) mass is 468 g/mol. The van der Waals surface area contributed by atoms with Crippen molar-refractivity contribution in [3.8, 4) is 5.75 Å². The van der Waals surface area contributed by atoms with Gasteiger partial charge in [-0.3, -0.25) is 14.6 Å². The lowest BCUT2D eigenvalue weighted by atomic mass is 10.1. The van der Waals surface area contributed by atoms with Gasteiger partial charge < -0.3 is 9.47 Å². The Bertz CT molecular complexity index is 953. The number of hydrogen-bond donors (Lipinski definition) is 1. The number of carbonyl (C=O) groups is 1. The zero-order chi connectivity index (χ0) is 23.7. The van der Waals surface area contributed by atoms with Gasteiger partial charge in [-0.15, -0.1) is 0 Å². The van der Waals surface area contributed by atoms with E-state index < -0.39 is 37.2 Å². The number of halogens is 6. The van der Waals surface area contributed by atoms with Crippen LogP contribution in [0.5, 0.6) is 5.75 Å². The van der Waals surface area contributed by atoms with Gasteiger partial charge in [0.05, 0.1) is 25.5 Å². The zero-order valence-corrected chi connectivity index (χ0v) is 17.3. The van der Waals surface area contributed by atoms with Crippen molar-refractivity contribution in [2.75, 3.05) is 32.9 Å². The van der Waals surface area contributed by atoms with Crippen molar-refractivity contribution in [2.45, 2.75) is 32.6 Å². The molecule has 2 aromatic rings. The average Bonchev–Trinajstić information content (AvgIpc) is 2.99. The number of carbonyl (C=O) groups excluding carboxylic acids is 1. The minimum Gasteiger partial charge on any atom is -0.490 e. The fraction of sp³-hybridized carbons (Fsp3) is 0.579. The Morgan fingerprint density at radius 1 is 1.19 bits per heavy atom. The number of morpholine rings is 1. The summed E-state index contributed by atoms with van der Waals surface area (Å²) in [6, 6.07) is 1.45. The number of alkyl halides is 6. The molecule has 0 bridgehead atoms. The summed E-state index contributed by atoms with van der Waals surface area (Å²) in [6.07, 6.45) is -10.6. The molecule has 0 atom stereocenters. The van der Waals surface area contributed by atoms with E-state index in [9.17, 15) is 31.1 Å². The SMILES string of the molecule is Cc1cc(OCCC(C(F)(F)F)C(F)(F)F)c2nc(C)c(C(=O)NN3CCOCC3)n2c1. The highest BCUT2D eigenvalue weighted by Gasteiger charge is 2.56. The van der Waals surface area contributed by atoms with Crippen LogP contribution < -0.4 is 10.2 Å². The molecule has 1 aliphatic heterocycles. The summed E-state index contributed by atoms with van der Waals surface area (Å²) in [4.78, 5) is 17.1. The van der Waals surface area contributed by atoms with Crippen molar-refractivity contribution in [3.63, 3.8) is 0 Å². The predicted molar refractivity (Wildman–Crippen MR) is 100 cm³/mol. The molecule has 0 aromatic carbocycles. The first-order valence-corrected chi connectivity index (χ1v) is 9.77. The molecule has 1 saturated heterocycles. The van der Waals surface area contributed by atoms with Crippen LogP contribution in [0.2, 0.25) is 0 Å². The number of imidazole rings is 1. The van der Waals surface area contributed by atoms with E-state index in [1.54, 1.807) is 25.1 Å². The quantitative estimate of drug-likeness (QED) is 0.658. The molecular weight excluding hydrogens is 446 g/mol. The molecule has 0 spiro atoms. The number of fused-ring (bicyclic) bond motifs is 1. The largest absolute Gasteiger partial charge is 0.490 e. The molecule has 0 aliphatic carbocycles. The van der Waals surface area contributed by atoms with Crippen molar-refractivity contribution in [3.05, 3.63) is 29.2 Å². The van der Waals surface area contributed by atoms with Crippen LogP contribution >= 0.6 is 0 Å². The Kier molecular flexibility index (Phi) is 6.89. The van der Waals surface area contributed by atoms with Gasteiger partial charge in [0.15, 0.2) is 17.3 Å². The smallest absolute Gasteiger partial charge is 0.400 e. The molecule has 0 saturated carbocycles. The van der Waals surface area contributed by atoms with E-state index in [0.29, 0.717) is 37.6 Å². The molecule has 2 aromatic heterocycles. The van der Waals surface area contributed by atoms with Gasteiger partial charge in [-0.2, -0.15) is 26.3 Å². The summed E-state index contributed by atoms with van der Waals surface area (Å²) in [7, 11) is 0. The predicted octanol–water partition coefficient (Wildman–Crippen LogP) is 3.44. The number of nitrogens with zero attached hydrogens (tertiary/aromatic N) is 3. The second kappa shape index (κ2) is 9.14. The maximum atomic E-state index is 12.8. The lowest BCUT2D eigenvalue weighted by molar-refractivity contribution is -0.286. The van der Waals surface area contributed by atoms with E-state index in [4.69, 9.17) is 9.47 Å². The van der Waals surface area contributed by atoms with Gasteiger partial charge in [0.1, 0.15) is 5.69 Å². The van der Waals surface area contributed by atoms with Gasteiger partial charge in [-0.25, -0.2) is 9.99 Å². The second-order valence-corrected chi connectivity index (χ2v) is 7.43. The third-order valence-corrected chi connectivity index (χ3v) is 4.94. The van der Waals surface area contributed by atoms with E-state index in [-0.39, 0.29) is 17.1 Å². The number of pyridine rings is 1. The molecule has 13 heteroatoms. The highest BCUT2D eigenvalue weighted by molar-refractivity contribution is 5.94. The molecule has 3 heterocycles. The highest BCUT2D eigenvalue weighted by Crippen LogP contribution is 2.41. The number of hydrogen-bond acceptors (Lipinski definition) is 5. The number of aryl methyl sites for hydroxylation is 2. The minimum atomic E-state index is -5.43. The van der Waals surface area contributed by atoms with Crippen molar-refractivity contribution in [2.24, 2.45) is 5.92 Å². The fourth-order valence-electron chi connectivity index (χ4n) is 3.41. The molecule has 3 rings (SSSR count). The van der Waals surface area contributed by atoms with Crippen LogP contribution in [0.1, 0.15) is 28.2 Å². The molecule has 0 unspecified atom stereocenters. The normalized spacial score (nSPS) is 16.0. The first kappa shape index (κ1) is 24.1. The van der Waals surface area contributed by atoms with Gasteiger partial charge in [0.2, 0.25) is 0 Å². The summed E-state index contributed by atoms with van der Waals surface area (Å²) in [5, 5.41) is 1.69. The number of hydrazine groups is 1. The summed E-state index contributed by atoms with van der Waals surface area (Å²) in [6.45, 7) is 4.30. The van der Waals surface area contributed by atoms with Crippen molar-refractivity contribution in [1.29, 1.82) is 0 Å². The van der Waals surface area contributed by atoms with Crippen molar-refractivity contribution < 1.29 is 40.6 Å². The first-order valence-electron chi connectivity index (χ1n) is 9.77. The van der Waals surface area contributed by atoms with Crippen LogP contribution in [0.25, 0.3) is 5.65 Å². The van der Waals surface area contributed by atoms with Crippen LogP contribution in [0, 0.1) is 19.8 Å². The van der Waals surface area contributed by atoms with Crippen LogP contribution in [-0.4, -0.2) is 65.6 Å². The summed E-state index contributed by atoms with van der Waals surface area (Å²) < 4.78 is 88.4. The number of rotatable bonds is 6. The molecule has 178 valence electrons.